The van der Waals surface area contributed by atoms with E-state index in [1.54, 1.807) is 37.7 Å². The highest BCUT2D eigenvalue weighted by Crippen LogP contribution is 2.35. The number of methoxy groups -OCH3 is 2. The van der Waals surface area contributed by atoms with E-state index in [9.17, 15) is 0 Å². The van der Waals surface area contributed by atoms with E-state index in [-0.39, 0.29) is 0 Å². The zero-order chi connectivity index (χ0) is 16.8. The highest BCUT2D eigenvalue weighted by Gasteiger charge is 2.03. The van der Waals surface area contributed by atoms with Gasteiger partial charge in [-0.15, -0.1) is 0 Å². The Morgan fingerprint density at radius 3 is 1.33 bits per heavy atom. The van der Waals surface area contributed by atoms with E-state index in [1.807, 2.05) is 36.4 Å². The number of hydrogen-bond donors (Lipinski definition) is 0. The second kappa shape index (κ2) is 8.18. The molecular formula is C20H18O2S2. The molecule has 0 saturated heterocycles. The fraction of sp³-hybridized carbons (Fsp3) is 0.100. The van der Waals surface area contributed by atoms with Crippen molar-refractivity contribution in [3.63, 3.8) is 0 Å². The Balaban J connectivity index is 1.76. The average molecular weight is 354 g/mol. The Morgan fingerprint density at radius 2 is 0.917 bits per heavy atom. The molecule has 0 aliphatic heterocycles. The van der Waals surface area contributed by atoms with Crippen molar-refractivity contribution in [1.29, 1.82) is 0 Å². The van der Waals surface area contributed by atoms with Crippen LogP contribution in [-0.4, -0.2) is 14.2 Å². The van der Waals surface area contributed by atoms with Gasteiger partial charge in [-0.25, -0.2) is 0 Å². The van der Waals surface area contributed by atoms with Gasteiger partial charge in [0.1, 0.15) is 11.5 Å². The van der Waals surface area contributed by atoms with Gasteiger partial charge in [0.05, 0.1) is 14.2 Å². The van der Waals surface area contributed by atoms with Gasteiger partial charge in [0, 0.05) is 19.6 Å². The van der Waals surface area contributed by atoms with Gasteiger partial charge in [-0.1, -0.05) is 41.7 Å². The molecule has 2 nitrogen and oxygen atoms in total. The maximum Gasteiger partial charge on any atom is 0.119 e. The Labute approximate surface area is 151 Å². The summed E-state index contributed by atoms with van der Waals surface area (Å²) in [7, 11) is 3.38. The molecule has 0 spiro atoms. The van der Waals surface area contributed by atoms with E-state index in [0.29, 0.717) is 0 Å². The largest absolute Gasteiger partial charge is 0.497 e. The van der Waals surface area contributed by atoms with Crippen molar-refractivity contribution in [3.05, 3.63) is 72.8 Å². The van der Waals surface area contributed by atoms with Crippen LogP contribution in [0.25, 0.3) is 0 Å². The lowest BCUT2D eigenvalue weighted by atomic mass is 10.3. The summed E-state index contributed by atoms with van der Waals surface area (Å²) in [5.74, 6) is 1.75. The molecule has 0 saturated carbocycles. The van der Waals surface area contributed by atoms with Crippen molar-refractivity contribution in [2.75, 3.05) is 14.2 Å². The zero-order valence-corrected chi connectivity index (χ0v) is 15.2. The van der Waals surface area contributed by atoms with Gasteiger partial charge in [-0.3, -0.25) is 0 Å². The average Bonchev–Trinajstić information content (AvgIpc) is 2.62. The Hall–Kier alpha value is -2.04. The molecule has 4 heteroatoms. The number of benzene rings is 3. The summed E-state index contributed by atoms with van der Waals surface area (Å²) in [6.45, 7) is 0. The van der Waals surface area contributed by atoms with Crippen LogP contribution in [0.4, 0.5) is 0 Å². The van der Waals surface area contributed by atoms with Gasteiger partial charge in [0.15, 0.2) is 0 Å². The molecule has 0 heterocycles. The monoisotopic (exact) mass is 354 g/mol. The van der Waals surface area contributed by atoms with Crippen LogP contribution in [0.5, 0.6) is 11.5 Å². The first-order chi connectivity index (χ1) is 11.8. The molecule has 0 atom stereocenters. The molecule has 0 aliphatic carbocycles. The van der Waals surface area contributed by atoms with Gasteiger partial charge in [-0.2, -0.15) is 0 Å². The normalized spacial score (nSPS) is 10.4. The molecular weight excluding hydrogens is 336 g/mol. The van der Waals surface area contributed by atoms with Gasteiger partial charge in [-0.05, 0) is 54.6 Å². The second-order valence-electron chi connectivity index (χ2n) is 5.04. The molecule has 3 rings (SSSR count). The van der Waals surface area contributed by atoms with Crippen LogP contribution in [0.1, 0.15) is 0 Å². The summed E-state index contributed by atoms with van der Waals surface area (Å²) in [4.78, 5) is 4.74. The zero-order valence-electron chi connectivity index (χ0n) is 13.6. The minimum Gasteiger partial charge on any atom is -0.497 e. The molecule has 3 aromatic rings. The summed E-state index contributed by atoms with van der Waals surface area (Å²) >= 11 is 3.46. The van der Waals surface area contributed by atoms with Crippen molar-refractivity contribution in [2.45, 2.75) is 19.6 Å². The fourth-order valence-electron chi connectivity index (χ4n) is 2.20. The van der Waals surface area contributed by atoms with Crippen LogP contribution in [-0.2, 0) is 0 Å². The molecule has 0 bridgehead atoms. The predicted molar refractivity (Wildman–Crippen MR) is 101 cm³/mol. The van der Waals surface area contributed by atoms with Crippen LogP contribution in [0.15, 0.2) is 92.4 Å². The SMILES string of the molecule is COc1cccc(Sc2cccc(Sc3cccc(OC)c3)c2)c1. The molecule has 24 heavy (non-hydrogen) atoms. The minimum absolute atomic E-state index is 0.877. The van der Waals surface area contributed by atoms with E-state index in [2.05, 4.69) is 36.4 Å². The molecule has 3 aromatic carbocycles. The van der Waals surface area contributed by atoms with E-state index in [0.717, 1.165) is 21.3 Å². The number of hydrogen-bond acceptors (Lipinski definition) is 4. The lowest BCUT2D eigenvalue weighted by molar-refractivity contribution is 0.413. The third-order valence-corrected chi connectivity index (χ3v) is 5.32. The fourth-order valence-corrected chi connectivity index (χ4v) is 4.13. The minimum atomic E-state index is 0.877. The molecule has 122 valence electrons. The van der Waals surface area contributed by atoms with Gasteiger partial charge < -0.3 is 9.47 Å². The lowest BCUT2D eigenvalue weighted by Crippen LogP contribution is -1.83. The van der Waals surface area contributed by atoms with Crippen LogP contribution < -0.4 is 9.47 Å². The smallest absolute Gasteiger partial charge is 0.119 e. The summed E-state index contributed by atoms with van der Waals surface area (Å²) in [6, 6.07) is 24.8. The van der Waals surface area contributed by atoms with E-state index in [4.69, 9.17) is 9.47 Å². The van der Waals surface area contributed by atoms with Crippen molar-refractivity contribution >= 4 is 23.5 Å². The highest BCUT2D eigenvalue weighted by molar-refractivity contribution is 8.00. The van der Waals surface area contributed by atoms with Gasteiger partial charge in [0.25, 0.3) is 0 Å². The Bertz CT molecular complexity index is 753. The second-order valence-corrected chi connectivity index (χ2v) is 7.33. The Kier molecular flexibility index (Phi) is 5.72. The number of rotatable bonds is 6. The van der Waals surface area contributed by atoms with Gasteiger partial charge >= 0.3 is 0 Å². The number of ether oxygens (including phenoxy) is 2. The summed E-state index contributed by atoms with van der Waals surface area (Å²) in [6.07, 6.45) is 0. The highest BCUT2D eigenvalue weighted by atomic mass is 32.2. The van der Waals surface area contributed by atoms with E-state index >= 15 is 0 Å². The maximum absolute atomic E-state index is 5.29. The van der Waals surface area contributed by atoms with Crippen LogP contribution in [0.2, 0.25) is 0 Å². The topological polar surface area (TPSA) is 18.5 Å². The Morgan fingerprint density at radius 1 is 0.542 bits per heavy atom. The summed E-state index contributed by atoms with van der Waals surface area (Å²) < 4.78 is 10.6. The van der Waals surface area contributed by atoms with Gasteiger partial charge in [0.2, 0.25) is 0 Å². The molecule has 0 aliphatic rings. The predicted octanol–water partition coefficient (Wildman–Crippen LogP) is 6.01. The van der Waals surface area contributed by atoms with Crippen LogP contribution >= 0.6 is 23.5 Å². The first-order valence-electron chi connectivity index (χ1n) is 7.51. The maximum atomic E-state index is 5.29. The molecule has 0 fully saturated rings. The first-order valence-corrected chi connectivity index (χ1v) is 9.14. The first kappa shape index (κ1) is 16.8. The lowest BCUT2D eigenvalue weighted by Gasteiger charge is -2.07. The molecule has 0 aromatic heterocycles. The van der Waals surface area contributed by atoms with Crippen LogP contribution in [0, 0.1) is 0 Å². The summed E-state index contributed by atoms with van der Waals surface area (Å²) in [5, 5.41) is 0. The quantitative estimate of drug-likeness (QED) is 0.539. The van der Waals surface area contributed by atoms with E-state index < -0.39 is 0 Å². The van der Waals surface area contributed by atoms with E-state index in [1.165, 1.54) is 9.79 Å². The molecule has 0 N–H and O–H groups in total. The molecule has 0 amide bonds. The third-order valence-electron chi connectivity index (χ3n) is 3.36. The third kappa shape index (κ3) is 4.49. The molecule has 0 unspecified atom stereocenters. The van der Waals surface area contributed by atoms with Crippen LogP contribution in [0.3, 0.4) is 0 Å². The summed E-state index contributed by atoms with van der Waals surface area (Å²) in [5.41, 5.74) is 0. The van der Waals surface area contributed by atoms with Crippen molar-refractivity contribution in [1.82, 2.24) is 0 Å². The molecule has 0 radical (unpaired) electrons. The van der Waals surface area contributed by atoms with Crippen molar-refractivity contribution in [2.24, 2.45) is 0 Å². The van der Waals surface area contributed by atoms with Crippen molar-refractivity contribution < 1.29 is 9.47 Å². The van der Waals surface area contributed by atoms with Crippen molar-refractivity contribution in [3.8, 4) is 11.5 Å². The standard InChI is InChI=1S/C20H18O2S2/c1-21-15-6-3-8-17(12-15)23-19-10-5-11-20(14-19)24-18-9-4-7-16(13-18)22-2/h3-14H,1-2H3.